The van der Waals surface area contributed by atoms with Gasteiger partial charge in [-0.3, -0.25) is 14.4 Å². The van der Waals surface area contributed by atoms with Crippen molar-refractivity contribution in [1.82, 2.24) is 5.43 Å². The van der Waals surface area contributed by atoms with Gasteiger partial charge in [-0.2, -0.15) is 5.10 Å². The molecule has 0 bridgehead atoms. The van der Waals surface area contributed by atoms with Crippen molar-refractivity contribution in [1.29, 1.82) is 0 Å². The highest BCUT2D eigenvalue weighted by molar-refractivity contribution is 14.1. The first kappa shape index (κ1) is 30.2. The van der Waals surface area contributed by atoms with Crippen LogP contribution in [0.3, 0.4) is 0 Å². The van der Waals surface area contributed by atoms with Gasteiger partial charge in [0.2, 0.25) is 0 Å². The Labute approximate surface area is 245 Å². The highest BCUT2D eigenvalue weighted by atomic mass is 127. The standard InChI is InChI=1S/C28H29IN4O7/c1-4-13-39-22-11-7-20(8-12-22)32-27(35)28(36)33-30-16-18-14-23(29)26(24(15-18)38-3)40-17-25(34)31-19-5-9-21(37-2)10-6-19/h5-12,14-16H,4,13,17H2,1-3H3,(H,31,34)(H,32,35)(H,33,36)/b30-16-. The lowest BCUT2D eigenvalue weighted by atomic mass is 10.2. The molecule has 0 heterocycles. The van der Waals surface area contributed by atoms with Gasteiger partial charge in [0.15, 0.2) is 18.1 Å². The van der Waals surface area contributed by atoms with Gasteiger partial charge >= 0.3 is 11.8 Å². The molecule has 0 saturated carbocycles. The van der Waals surface area contributed by atoms with E-state index in [0.29, 0.717) is 50.1 Å². The maximum Gasteiger partial charge on any atom is 0.329 e. The van der Waals surface area contributed by atoms with E-state index in [1.54, 1.807) is 67.8 Å². The smallest absolute Gasteiger partial charge is 0.329 e. The van der Waals surface area contributed by atoms with Crippen LogP contribution in [0.25, 0.3) is 0 Å². The molecule has 0 atom stereocenters. The largest absolute Gasteiger partial charge is 0.497 e. The van der Waals surface area contributed by atoms with E-state index in [2.05, 4.69) is 21.2 Å². The summed E-state index contributed by atoms with van der Waals surface area (Å²) in [7, 11) is 3.03. The number of benzene rings is 3. The summed E-state index contributed by atoms with van der Waals surface area (Å²) in [5, 5.41) is 9.09. The van der Waals surface area contributed by atoms with E-state index in [1.165, 1.54) is 13.3 Å². The van der Waals surface area contributed by atoms with Gasteiger partial charge in [-0.05, 0) is 95.2 Å². The quantitative estimate of drug-likeness (QED) is 0.115. The summed E-state index contributed by atoms with van der Waals surface area (Å²) in [6.45, 7) is 2.35. The van der Waals surface area contributed by atoms with E-state index < -0.39 is 11.8 Å². The van der Waals surface area contributed by atoms with E-state index in [9.17, 15) is 14.4 Å². The molecule has 0 aliphatic rings. The molecule has 0 aromatic heterocycles. The molecule has 0 aliphatic heterocycles. The fraction of sp³-hybridized carbons (Fsp3) is 0.214. The minimum atomic E-state index is -0.938. The Balaban J connectivity index is 1.53. The van der Waals surface area contributed by atoms with Crippen LogP contribution in [0.1, 0.15) is 18.9 Å². The third-order valence-corrected chi connectivity index (χ3v) is 5.95. The van der Waals surface area contributed by atoms with Gasteiger partial charge < -0.3 is 29.6 Å². The zero-order valence-corrected chi connectivity index (χ0v) is 24.3. The predicted octanol–water partition coefficient (Wildman–Crippen LogP) is 4.20. The van der Waals surface area contributed by atoms with Crippen molar-refractivity contribution in [2.75, 3.05) is 38.1 Å². The number of amides is 3. The highest BCUT2D eigenvalue weighted by Gasteiger charge is 2.15. The number of carbonyl (C=O) groups is 3. The maximum absolute atomic E-state index is 12.3. The number of anilines is 2. The Morgan fingerprint density at radius 1 is 0.850 bits per heavy atom. The zero-order chi connectivity index (χ0) is 28.9. The molecule has 40 heavy (non-hydrogen) atoms. The molecular weight excluding hydrogens is 631 g/mol. The number of rotatable bonds is 12. The molecule has 11 nitrogen and oxygen atoms in total. The van der Waals surface area contributed by atoms with E-state index in [1.807, 2.05) is 29.5 Å². The zero-order valence-electron chi connectivity index (χ0n) is 22.2. The maximum atomic E-state index is 12.3. The molecule has 0 aliphatic carbocycles. The van der Waals surface area contributed by atoms with Crippen molar-refractivity contribution in [3.63, 3.8) is 0 Å². The van der Waals surface area contributed by atoms with Crippen LogP contribution in [0.15, 0.2) is 65.8 Å². The van der Waals surface area contributed by atoms with E-state index >= 15 is 0 Å². The van der Waals surface area contributed by atoms with Crippen LogP contribution in [0.4, 0.5) is 11.4 Å². The summed E-state index contributed by atoms with van der Waals surface area (Å²) < 4.78 is 22.4. The van der Waals surface area contributed by atoms with Gasteiger partial charge in [0.05, 0.1) is 30.6 Å². The number of ether oxygens (including phenoxy) is 4. The van der Waals surface area contributed by atoms with Crippen molar-refractivity contribution in [2.24, 2.45) is 5.10 Å². The van der Waals surface area contributed by atoms with Crippen LogP contribution in [-0.4, -0.2) is 51.4 Å². The number of hydrogen-bond donors (Lipinski definition) is 3. The Morgan fingerprint density at radius 3 is 2.12 bits per heavy atom. The SMILES string of the molecule is CCCOc1ccc(NC(=O)C(=O)N/N=C\c2cc(I)c(OCC(=O)Nc3ccc(OC)cc3)c(OC)c2)cc1. The molecule has 210 valence electrons. The first-order valence-electron chi connectivity index (χ1n) is 12.1. The number of hydrogen-bond acceptors (Lipinski definition) is 8. The summed E-state index contributed by atoms with van der Waals surface area (Å²) in [5.41, 5.74) is 3.81. The van der Waals surface area contributed by atoms with Crippen LogP contribution in [0.5, 0.6) is 23.0 Å². The Kier molecular flexibility index (Phi) is 11.6. The molecule has 12 heteroatoms. The van der Waals surface area contributed by atoms with Crippen molar-refractivity contribution in [2.45, 2.75) is 13.3 Å². The summed E-state index contributed by atoms with van der Waals surface area (Å²) >= 11 is 2.04. The average Bonchev–Trinajstić information content (AvgIpc) is 2.96. The minimum Gasteiger partial charge on any atom is -0.497 e. The number of nitrogens with one attached hydrogen (secondary N) is 3. The fourth-order valence-corrected chi connectivity index (χ4v) is 4.00. The summed E-state index contributed by atoms with van der Waals surface area (Å²) in [5.74, 6) is -0.0715. The van der Waals surface area contributed by atoms with Gasteiger partial charge in [-0.25, -0.2) is 5.43 Å². The number of nitrogens with zero attached hydrogens (tertiary/aromatic N) is 1. The van der Waals surface area contributed by atoms with Crippen molar-refractivity contribution < 1.29 is 33.3 Å². The molecule has 3 N–H and O–H groups in total. The van der Waals surface area contributed by atoms with Gasteiger partial charge in [0.25, 0.3) is 5.91 Å². The summed E-state index contributed by atoms with van der Waals surface area (Å²) in [6.07, 6.45) is 2.24. The molecule has 3 aromatic carbocycles. The molecule has 3 rings (SSSR count). The number of carbonyl (C=O) groups excluding carboxylic acids is 3. The molecule has 0 fully saturated rings. The monoisotopic (exact) mass is 660 g/mol. The molecule has 0 saturated heterocycles. The second-order valence-electron chi connectivity index (χ2n) is 8.13. The molecule has 0 unspecified atom stereocenters. The average molecular weight is 660 g/mol. The van der Waals surface area contributed by atoms with Crippen LogP contribution in [0.2, 0.25) is 0 Å². The lowest BCUT2D eigenvalue weighted by Gasteiger charge is -2.13. The van der Waals surface area contributed by atoms with Crippen molar-refractivity contribution >= 4 is 57.9 Å². The van der Waals surface area contributed by atoms with Crippen molar-refractivity contribution in [3.8, 4) is 23.0 Å². The van der Waals surface area contributed by atoms with Gasteiger partial charge in [0, 0.05) is 11.4 Å². The van der Waals surface area contributed by atoms with Crippen molar-refractivity contribution in [3.05, 3.63) is 69.8 Å². The predicted molar refractivity (Wildman–Crippen MR) is 159 cm³/mol. The van der Waals surface area contributed by atoms with Gasteiger partial charge in [-0.15, -0.1) is 0 Å². The van der Waals surface area contributed by atoms with Crippen LogP contribution >= 0.6 is 22.6 Å². The summed E-state index contributed by atoms with van der Waals surface area (Å²) in [6, 6.07) is 16.9. The van der Waals surface area contributed by atoms with Gasteiger partial charge in [-0.1, -0.05) is 6.92 Å². The molecule has 0 radical (unpaired) electrons. The Hall–Kier alpha value is -4.33. The van der Waals surface area contributed by atoms with E-state index in [4.69, 9.17) is 18.9 Å². The lowest BCUT2D eigenvalue weighted by molar-refractivity contribution is -0.136. The minimum absolute atomic E-state index is 0.245. The second kappa shape index (κ2) is 15.3. The first-order valence-corrected chi connectivity index (χ1v) is 13.2. The molecule has 3 aromatic rings. The third-order valence-electron chi connectivity index (χ3n) is 5.14. The van der Waals surface area contributed by atoms with Crippen LogP contribution < -0.4 is 35.0 Å². The lowest BCUT2D eigenvalue weighted by Crippen LogP contribution is -2.32. The summed E-state index contributed by atoms with van der Waals surface area (Å²) in [4.78, 5) is 36.7. The fourth-order valence-electron chi connectivity index (χ4n) is 3.22. The first-order chi connectivity index (χ1) is 19.3. The molecular formula is C28H29IN4O7. The van der Waals surface area contributed by atoms with E-state index in [0.717, 1.165) is 6.42 Å². The Bertz CT molecular complexity index is 1350. The number of hydrazone groups is 1. The normalized spacial score (nSPS) is 10.5. The van der Waals surface area contributed by atoms with Crippen LogP contribution in [0, 0.1) is 3.57 Å². The van der Waals surface area contributed by atoms with E-state index in [-0.39, 0.29) is 12.5 Å². The molecule has 3 amide bonds. The second-order valence-corrected chi connectivity index (χ2v) is 9.29. The number of halogens is 1. The molecule has 0 spiro atoms. The van der Waals surface area contributed by atoms with Gasteiger partial charge in [0.1, 0.15) is 11.5 Å². The Morgan fingerprint density at radius 2 is 1.50 bits per heavy atom. The highest BCUT2D eigenvalue weighted by Crippen LogP contribution is 2.33. The number of methoxy groups -OCH3 is 2. The third kappa shape index (κ3) is 9.15. The van der Waals surface area contributed by atoms with Crippen LogP contribution in [-0.2, 0) is 14.4 Å². The topological polar surface area (TPSA) is 137 Å².